The minimum absolute atomic E-state index is 0.493. The zero-order valence-electron chi connectivity index (χ0n) is 12.4. The van der Waals surface area contributed by atoms with E-state index in [0.717, 1.165) is 31.0 Å². The normalized spacial score (nSPS) is 21.1. The summed E-state index contributed by atoms with van der Waals surface area (Å²) in [6, 6.07) is 3.98. The van der Waals surface area contributed by atoms with Crippen LogP contribution in [0.3, 0.4) is 0 Å². The third kappa shape index (κ3) is 3.00. The van der Waals surface area contributed by atoms with Gasteiger partial charge in [0.25, 0.3) is 0 Å². The van der Waals surface area contributed by atoms with Crippen molar-refractivity contribution in [2.75, 3.05) is 24.6 Å². The fourth-order valence-corrected chi connectivity index (χ4v) is 2.84. The third-order valence-electron chi connectivity index (χ3n) is 4.28. The SMILES string of the molecule is c1cnc(N2CCC(COc3ccc(C4CC4)nn3)C2)cn1. The lowest BCUT2D eigenvalue weighted by Gasteiger charge is -2.16. The summed E-state index contributed by atoms with van der Waals surface area (Å²) in [4.78, 5) is 10.7. The molecule has 3 heterocycles. The van der Waals surface area contributed by atoms with E-state index in [4.69, 9.17) is 4.74 Å². The van der Waals surface area contributed by atoms with E-state index in [1.54, 1.807) is 12.4 Å². The maximum absolute atomic E-state index is 5.79. The van der Waals surface area contributed by atoms with Crippen molar-refractivity contribution in [3.05, 3.63) is 36.4 Å². The lowest BCUT2D eigenvalue weighted by molar-refractivity contribution is 0.249. The minimum atomic E-state index is 0.493. The highest BCUT2D eigenvalue weighted by molar-refractivity contribution is 5.36. The topological polar surface area (TPSA) is 64.0 Å². The van der Waals surface area contributed by atoms with Gasteiger partial charge in [-0.2, -0.15) is 5.10 Å². The van der Waals surface area contributed by atoms with E-state index >= 15 is 0 Å². The van der Waals surface area contributed by atoms with Gasteiger partial charge in [-0.05, 0) is 25.3 Å². The summed E-state index contributed by atoms with van der Waals surface area (Å²) in [5.74, 6) is 2.70. The number of ether oxygens (including phenoxy) is 1. The Morgan fingerprint density at radius 2 is 2.09 bits per heavy atom. The first-order valence-electron chi connectivity index (χ1n) is 7.86. The van der Waals surface area contributed by atoms with E-state index in [1.165, 1.54) is 12.8 Å². The fraction of sp³-hybridized carbons (Fsp3) is 0.500. The fourth-order valence-electron chi connectivity index (χ4n) is 2.84. The first-order valence-corrected chi connectivity index (χ1v) is 7.86. The van der Waals surface area contributed by atoms with Crippen molar-refractivity contribution in [3.8, 4) is 5.88 Å². The zero-order chi connectivity index (χ0) is 14.8. The summed E-state index contributed by atoms with van der Waals surface area (Å²) in [7, 11) is 0. The summed E-state index contributed by atoms with van der Waals surface area (Å²) in [5, 5.41) is 8.41. The molecule has 1 aliphatic heterocycles. The van der Waals surface area contributed by atoms with Gasteiger partial charge in [0.2, 0.25) is 5.88 Å². The second kappa shape index (κ2) is 5.87. The molecule has 6 nitrogen and oxygen atoms in total. The Morgan fingerprint density at radius 3 is 2.82 bits per heavy atom. The molecule has 4 rings (SSSR count). The first-order chi connectivity index (χ1) is 10.9. The number of rotatable bonds is 5. The first kappa shape index (κ1) is 13.4. The van der Waals surface area contributed by atoms with E-state index in [1.807, 2.05) is 18.3 Å². The van der Waals surface area contributed by atoms with Gasteiger partial charge in [-0.25, -0.2) is 4.98 Å². The van der Waals surface area contributed by atoms with Gasteiger partial charge >= 0.3 is 0 Å². The van der Waals surface area contributed by atoms with Crippen LogP contribution in [0.25, 0.3) is 0 Å². The van der Waals surface area contributed by atoms with Gasteiger partial charge in [-0.1, -0.05) is 0 Å². The van der Waals surface area contributed by atoms with Crippen LogP contribution >= 0.6 is 0 Å². The van der Waals surface area contributed by atoms with Gasteiger partial charge in [-0.15, -0.1) is 5.10 Å². The van der Waals surface area contributed by atoms with Gasteiger partial charge in [0.1, 0.15) is 5.82 Å². The highest BCUT2D eigenvalue weighted by Gasteiger charge is 2.26. The molecule has 1 unspecified atom stereocenters. The minimum Gasteiger partial charge on any atom is -0.476 e. The smallest absolute Gasteiger partial charge is 0.233 e. The molecule has 0 aromatic carbocycles. The Kier molecular flexibility index (Phi) is 3.58. The molecule has 6 heteroatoms. The maximum atomic E-state index is 5.79. The molecule has 0 bridgehead atoms. The van der Waals surface area contributed by atoms with Crippen LogP contribution in [0.15, 0.2) is 30.7 Å². The summed E-state index contributed by atoms with van der Waals surface area (Å²) in [6.07, 6.45) is 8.83. The summed E-state index contributed by atoms with van der Waals surface area (Å²) < 4.78 is 5.79. The van der Waals surface area contributed by atoms with Gasteiger partial charge in [0, 0.05) is 43.4 Å². The van der Waals surface area contributed by atoms with Crippen molar-refractivity contribution in [1.82, 2.24) is 20.2 Å². The molecule has 2 aromatic rings. The molecule has 0 spiro atoms. The van der Waals surface area contributed by atoms with E-state index in [-0.39, 0.29) is 0 Å². The van der Waals surface area contributed by atoms with Crippen LogP contribution in [0.4, 0.5) is 5.82 Å². The molecule has 22 heavy (non-hydrogen) atoms. The molecule has 1 saturated carbocycles. The molecule has 1 aliphatic carbocycles. The number of anilines is 1. The molecule has 0 N–H and O–H groups in total. The summed E-state index contributed by atoms with van der Waals surface area (Å²) >= 11 is 0. The molecule has 1 saturated heterocycles. The van der Waals surface area contributed by atoms with Crippen molar-refractivity contribution in [3.63, 3.8) is 0 Å². The van der Waals surface area contributed by atoms with Crippen LogP contribution in [0.5, 0.6) is 5.88 Å². The Balaban J connectivity index is 1.29. The van der Waals surface area contributed by atoms with Gasteiger partial charge in [0.05, 0.1) is 18.5 Å². The van der Waals surface area contributed by atoms with Crippen molar-refractivity contribution < 1.29 is 4.74 Å². The Labute approximate surface area is 129 Å². The predicted octanol–water partition coefficient (Wildman–Crippen LogP) is 2.05. The molecule has 1 atom stereocenters. The maximum Gasteiger partial charge on any atom is 0.233 e. The van der Waals surface area contributed by atoms with Crippen LogP contribution in [0.1, 0.15) is 30.9 Å². The zero-order valence-corrected chi connectivity index (χ0v) is 12.4. The van der Waals surface area contributed by atoms with Gasteiger partial charge in [-0.3, -0.25) is 4.98 Å². The average Bonchev–Trinajstić information content (AvgIpc) is 3.32. The second-order valence-electron chi connectivity index (χ2n) is 6.05. The van der Waals surface area contributed by atoms with E-state index in [9.17, 15) is 0 Å². The number of nitrogens with zero attached hydrogens (tertiary/aromatic N) is 5. The highest BCUT2D eigenvalue weighted by atomic mass is 16.5. The molecule has 0 radical (unpaired) electrons. The lowest BCUT2D eigenvalue weighted by Crippen LogP contribution is -2.22. The standard InChI is InChI=1S/C16H19N5O/c1-2-13(1)14-3-4-16(20-19-14)22-11-12-5-8-21(10-12)15-9-17-6-7-18-15/h3-4,6-7,9,12-13H,1-2,5,8,10-11H2. The Hall–Kier alpha value is -2.24. The molecule has 0 amide bonds. The number of aromatic nitrogens is 4. The van der Waals surface area contributed by atoms with Crippen LogP contribution in [-0.2, 0) is 0 Å². The molecule has 114 valence electrons. The van der Waals surface area contributed by atoms with E-state index in [0.29, 0.717) is 24.3 Å². The van der Waals surface area contributed by atoms with Crippen molar-refractivity contribution in [1.29, 1.82) is 0 Å². The third-order valence-corrected chi connectivity index (χ3v) is 4.28. The van der Waals surface area contributed by atoms with Crippen LogP contribution < -0.4 is 9.64 Å². The van der Waals surface area contributed by atoms with E-state index in [2.05, 4.69) is 25.1 Å². The summed E-state index contributed by atoms with van der Waals surface area (Å²) in [5.41, 5.74) is 1.10. The molecular formula is C16H19N5O. The van der Waals surface area contributed by atoms with Gasteiger partial charge < -0.3 is 9.64 Å². The van der Waals surface area contributed by atoms with Gasteiger partial charge in [0.15, 0.2) is 0 Å². The second-order valence-corrected chi connectivity index (χ2v) is 6.05. The molecule has 2 aliphatic rings. The van der Waals surface area contributed by atoms with Crippen LogP contribution in [-0.4, -0.2) is 39.9 Å². The molecule has 2 aromatic heterocycles. The predicted molar refractivity (Wildman–Crippen MR) is 81.9 cm³/mol. The lowest BCUT2D eigenvalue weighted by atomic mass is 10.1. The van der Waals surface area contributed by atoms with Crippen LogP contribution in [0, 0.1) is 5.92 Å². The number of hydrogen-bond donors (Lipinski definition) is 0. The van der Waals surface area contributed by atoms with Crippen molar-refractivity contribution in [2.24, 2.45) is 5.92 Å². The molecular weight excluding hydrogens is 278 g/mol. The largest absolute Gasteiger partial charge is 0.476 e. The Bertz CT molecular complexity index is 614. The van der Waals surface area contributed by atoms with Crippen molar-refractivity contribution in [2.45, 2.75) is 25.2 Å². The monoisotopic (exact) mass is 297 g/mol. The number of hydrogen-bond acceptors (Lipinski definition) is 6. The quantitative estimate of drug-likeness (QED) is 0.841. The van der Waals surface area contributed by atoms with E-state index < -0.39 is 0 Å². The van der Waals surface area contributed by atoms with Crippen LogP contribution in [0.2, 0.25) is 0 Å². The Morgan fingerprint density at radius 1 is 1.14 bits per heavy atom. The highest BCUT2D eigenvalue weighted by Crippen LogP contribution is 2.38. The average molecular weight is 297 g/mol. The molecule has 2 fully saturated rings. The van der Waals surface area contributed by atoms with Crippen molar-refractivity contribution >= 4 is 5.82 Å². The summed E-state index contributed by atoms with van der Waals surface area (Å²) in [6.45, 7) is 2.62.